The van der Waals surface area contributed by atoms with Gasteiger partial charge in [0.05, 0.1) is 0 Å². The fourth-order valence-electron chi connectivity index (χ4n) is 1.89. The van der Waals surface area contributed by atoms with Crippen molar-refractivity contribution in [3.8, 4) is 0 Å². The average Bonchev–Trinajstić information content (AvgIpc) is 2.69. The summed E-state index contributed by atoms with van der Waals surface area (Å²) in [6, 6.07) is -0.888. The lowest BCUT2D eigenvalue weighted by molar-refractivity contribution is -0.142. The van der Waals surface area contributed by atoms with Crippen LogP contribution in [0.15, 0.2) is 6.20 Å². The van der Waals surface area contributed by atoms with Crippen LogP contribution < -0.4 is 5.32 Å². The van der Waals surface area contributed by atoms with Gasteiger partial charge in [0.25, 0.3) is 0 Å². The Morgan fingerprint density at radius 3 is 2.60 bits per heavy atom. The van der Waals surface area contributed by atoms with Crippen molar-refractivity contribution in [3.63, 3.8) is 0 Å². The van der Waals surface area contributed by atoms with Gasteiger partial charge in [0.15, 0.2) is 5.69 Å². The first-order valence-electron chi connectivity index (χ1n) is 6.22. The van der Waals surface area contributed by atoms with Crippen LogP contribution in [0.3, 0.4) is 0 Å². The molecular weight excluding hydrogens is 275 g/mol. The molecule has 0 amide bonds. The molecule has 114 valence electrons. The van der Waals surface area contributed by atoms with E-state index in [1.54, 1.807) is 6.92 Å². The van der Waals surface area contributed by atoms with Gasteiger partial charge < -0.3 is 5.11 Å². The van der Waals surface area contributed by atoms with Crippen LogP contribution in [0, 0.1) is 5.92 Å². The highest BCUT2D eigenvalue weighted by atomic mass is 19.4. The highest BCUT2D eigenvalue weighted by Crippen LogP contribution is 2.30. The second kappa shape index (κ2) is 6.25. The SMILES string of the molecule is CC[C@H](C)[C@H](NCc1cn(C)nc1C(F)(F)F)C(=O)O. The summed E-state index contributed by atoms with van der Waals surface area (Å²) < 4.78 is 39.3. The van der Waals surface area contributed by atoms with Crippen molar-refractivity contribution in [2.75, 3.05) is 0 Å². The number of aryl methyl sites for hydroxylation is 1. The van der Waals surface area contributed by atoms with Gasteiger partial charge >= 0.3 is 12.1 Å². The summed E-state index contributed by atoms with van der Waals surface area (Å²) in [5, 5.41) is 15.1. The van der Waals surface area contributed by atoms with E-state index in [4.69, 9.17) is 5.11 Å². The molecule has 0 saturated carbocycles. The zero-order valence-corrected chi connectivity index (χ0v) is 11.5. The number of carboxylic acid groups (broad SMARTS) is 1. The van der Waals surface area contributed by atoms with Crippen molar-refractivity contribution >= 4 is 5.97 Å². The molecule has 1 heterocycles. The first-order valence-corrected chi connectivity index (χ1v) is 6.22. The van der Waals surface area contributed by atoms with Crippen molar-refractivity contribution < 1.29 is 23.1 Å². The van der Waals surface area contributed by atoms with E-state index in [0.717, 1.165) is 4.68 Å². The number of aliphatic carboxylic acids is 1. The predicted molar refractivity (Wildman–Crippen MR) is 65.9 cm³/mol. The van der Waals surface area contributed by atoms with Crippen LogP contribution in [0.4, 0.5) is 13.2 Å². The molecule has 1 aromatic rings. The van der Waals surface area contributed by atoms with Gasteiger partial charge in [0, 0.05) is 25.4 Å². The second-order valence-corrected chi connectivity index (χ2v) is 4.76. The molecule has 1 aromatic heterocycles. The Labute approximate surface area is 114 Å². The number of hydrogen-bond acceptors (Lipinski definition) is 3. The second-order valence-electron chi connectivity index (χ2n) is 4.76. The topological polar surface area (TPSA) is 67.2 Å². The van der Waals surface area contributed by atoms with Crippen molar-refractivity contribution in [1.29, 1.82) is 0 Å². The van der Waals surface area contributed by atoms with E-state index >= 15 is 0 Å². The maximum absolute atomic E-state index is 12.7. The van der Waals surface area contributed by atoms with Crippen LogP contribution in [-0.4, -0.2) is 26.9 Å². The van der Waals surface area contributed by atoms with E-state index in [0.29, 0.717) is 6.42 Å². The molecule has 2 N–H and O–H groups in total. The number of aromatic nitrogens is 2. The lowest BCUT2D eigenvalue weighted by atomic mass is 9.99. The Morgan fingerprint density at radius 1 is 1.55 bits per heavy atom. The summed E-state index contributed by atoms with van der Waals surface area (Å²) in [4.78, 5) is 11.1. The van der Waals surface area contributed by atoms with Gasteiger partial charge in [-0.2, -0.15) is 18.3 Å². The number of carbonyl (C=O) groups is 1. The van der Waals surface area contributed by atoms with Crippen LogP contribution >= 0.6 is 0 Å². The molecular formula is C12H18F3N3O2. The fraction of sp³-hybridized carbons (Fsp3) is 0.667. The van der Waals surface area contributed by atoms with E-state index in [9.17, 15) is 18.0 Å². The quantitative estimate of drug-likeness (QED) is 0.842. The van der Waals surface area contributed by atoms with Crippen molar-refractivity contribution in [1.82, 2.24) is 15.1 Å². The third kappa shape index (κ3) is 3.96. The maximum atomic E-state index is 12.7. The summed E-state index contributed by atoms with van der Waals surface area (Å²) in [6.45, 7) is 3.37. The number of carboxylic acids is 1. The molecule has 0 aliphatic rings. The molecule has 0 aliphatic carbocycles. The molecule has 0 aliphatic heterocycles. The normalized spacial score (nSPS) is 15.1. The monoisotopic (exact) mass is 293 g/mol. The number of rotatable bonds is 6. The largest absolute Gasteiger partial charge is 0.480 e. The van der Waals surface area contributed by atoms with E-state index in [-0.39, 0.29) is 18.0 Å². The maximum Gasteiger partial charge on any atom is 0.435 e. The first kappa shape index (κ1) is 16.5. The van der Waals surface area contributed by atoms with E-state index in [1.807, 2.05) is 6.92 Å². The fourth-order valence-corrected chi connectivity index (χ4v) is 1.89. The van der Waals surface area contributed by atoms with E-state index in [1.165, 1.54) is 13.2 Å². The van der Waals surface area contributed by atoms with E-state index < -0.39 is 23.9 Å². The number of hydrogen-bond donors (Lipinski definition) is 2. The zero-order valence-electron chi connectivity index (χ0n) is 11.5. The third-order valence-electron chi connectivity index (χ3n) is 3.16. The smallest absolute Gasteiger partial charge is 0.435 e. The third-order valence-corrected chi connectivity index (χ3v) is 3.16. The summed E-state index contributed by atoms with van der Waals surface area (Å²) in [5.74, 6) is -1.25. The standard InChI is InChI=1S/C12H18F3N3O2/c1-4-7(2)9(11(19)20)16-5-8-6-18(3)17-10(8)12(13,14)15/h6-7,9,16H,4-5H2,1-3H3,(H,19,20)/t7-,9-/m0/s1. The minimum atomic E-state index is -4.55. The van der Waals surface area contributed by atoms with Gasteiger partial charge in [0.1, 0.15) is 6.04 Å². The molecule has 20 heavy (non-hydrogen) atoms. The molecule has 2 atom stereocenters. The Bertz CT molecular complexity index is 471. The number of halogens is 3. The lowest BCUT2D eigenvalue weighted by Crippen LogP contribution is -2.41. The Morgan fingerprint density at radius 2 is 2.15 bits per heavy atom. The van der Waals surface area contributed by atoms with Gasteiger partial charge in [-0.25, -0.2) is 0 Å². The van der Waals surface area contributed by atoms with Crippen LogP contribution in [-0.2, 0) is 24.6 Å². The zero-order chi connectivity index (χ0) is 15.5. The number of alkyl halides is 3. The summed E-state index contributed by atoms with van der Waals surface area (Å²) in [6.07, 6.45) is -2.69. The number of nitrogens with zero attached hydrogens (tertiary/aromatic N) is 2. The molecule has 0 radical (unpaired) electrons. The predicted octanol–water partition coefficient (Wildman–Crippen LogP) is 2.03. The van der Waals surface area contributed by atoms with E-state index in [2.05, 4.69) is 10.4 Å². The summed E-state index contributed by atoms with van der Waals surface area (Å²) >= 11 is 0. The minimum Gasteiger partial charge on any atom is -0.480 e. The Balaban J connectivity index is 2.86. The van der Waals surface area contributed by atoms with Gasteiger partial charge in [0.2, 0.25) is 0 Å². The van der Waals surface area contributed by atoms with Crippen LogP contribution in [0.2, 0.25) is 0 Å². The Hall–Kier alpha value is -1.57. The Kier molecular flexibility index (Phi) is 5.15. The minimum absolute atomic E-state index is 0.0606. The summed E-state index contributed by atoms with van der Waals surface area (Å²) in [5.41, 5.74) is -1.05. The highest BCUT2D eigenvalue weighted by molar-refractivity contribution is 5.73. The lowest BCUT2D eigenvalue weighted by Gasteiger charge is -2.20. The van der Waals surface area contributed by atoms with Gasteiger partial charge in [-0.3, -0.25) is 14.8 Å². The van der Waals surface area contributed by atoms with Crippen molar-refractivity contribution in [2.45, 2.75) is 39.0 Å². The molecule has 0 spiro atoms. The molecule has 5 nitrogen and oxygen atoms in total. The molecule has 0 saturated heterocycles. The highest BCUT2D eigenvalue weighted by Gasteiger charge is 2.37. The molecule has 0 bridgehead atoms. The van der Waals surface area contributed by atoms with Gasteiger partial charge in [-0.15, -0.1) is 0 Å². The van der Waals surface area contributed by atoms with Crippen LogP contribution in [0.25, 0.3) is 0 Å². The molecule has 0 unspecified atom stereocenters. The van der Waals surface area contributed by atoms with Crippen LogP contribution in [0.1, 0.15) is 31.5 Å². The van der Waals surface area contributed by atoms with Gasteiger partial charge in [-0.05, 0) is 5.92 Å². The first-order chi connectivity index (χ1) is 9.16. The molecule has 0 fully saturated rings. The molecule has 1 rings (SSSR count). The summed E-state index contributed by atoms with van der Waals surface area (Å²) in [7, 11) is 1.39. The van der Waals surface area contributed by atoms with Crippen LogP contribution in [0.5, 0.6) is 0 Å². The van der Waals surface area contributed by atoms with Crippen molar-refractivity contribution in [3.05, 3.63) is 17.5 Å². The van der Waals surface area contributed by atoms with Crippen molar-refractivity contribution in [2.24, 2.45) is 13.0 Å². The molecule has 0 aromatic carbocycles. The molecule has 8 heteroatoms. The number of nitrogens with one attached hydrogen (secondary N) is 1. The average molecular weight is 293 g/mol. The van der Waals surface area contributed by atoms with Gasteiger partial charge in [-0.1, -0.05) is 20.3 Å².